The molecule has 5 heterocycles. The molecule has 2 aliphatic rings. The maximum Gasteiger partial charge on any atom is 0.270 e. The van der Waals surface area contributed by atoms with Crippen LogP contribution in [-0.4, -0.2) is 312 Å². The van der Waals surface area contributed by atoms with Gasteiger partial charge in [-0.15, -0.1) is 0 Å². The lowest BCUT2D eigenvalue weighted by Gasteiger charge is -2.36. The molecule has 0 aliphatic carbocycles. The molecule has 132 heavy (non-hydrogen) atoms. The van der Waals surface area contributed by atoms with Crippen LogP contribution in [0.2, 0.25) is 0 Å². The summed E-state index contributed by atoms with van der Waals surface area (Å²) in [6.07, 6.45) is 6.87. The first-order valence-electron chi connectivity index (χ1n) is 44.4. The van der Waals surface area contributed by atoms with Crippen LogP contribution < -0.4 is 75.7 Å². The number of carbonyl (C=O) groups is 16. The average molecular weight is 1850 g/mol. The van der Waals surface area contributed by atoms with Crippen LogP contribution in [0.5, 0.6) is 0 Å². The van der Waals surface area contributed by atoms with Crippen LogP contribution in [0.3, 0.4) is 0 Å². The van der Waals surface area contributed by atoms with Crippen molar-refractivity contribution in [3.05, 3.63) is 126 Å². The van der Waals surface area contributed by atoms with Crippen molar-refractivity contribution in [2.45, 2.75) is 216 Å². The third-order valence-corrected chi connectivity index (χ3v) is 24.7. The number of carbonyl (C=O) groups excluding carboxylic acids is 16. The summed E-state index contributed by atoms with van der Waals surface area (Å²) in [5, 5.41) is 49.8. The molecule has 8 rings (SSSR count). The largest absolute Gasteiger partial charge is 0.616 e. The van der Waals surface area contributed by atoms with Crippen molar-refractivity contribution in [3.63, 3.8) is 0 Å². The van der Waals surface area contributed by atoms with E-state index < -0.39 is 228 Å². The molecule has 2 unspecified atom stereocenters. The molecule has 42 nitrogen and oxygen atoms in total. The van der Waals surface area contributed by atoms with E-state index in [0.29, 0.717) is 82.7 Å². The van der Waals surface area contributed by atoms with E-state index in [1.165, 1.54) is 52.5 Å². The van der Waals surface area contributed by atoms with E-state index in [-0.39, 0.29) is 83.3 Å². The predicted molar refractivity (Wildman–Crippen MR) is 490 cm³/mol. The van der Waals surface area contributed by atoms with Crippen LogP contribution in [0, 0.1) is 11.3 Å². The number of aromatic nitrogens is 4. The zero-order chi connectivity index (χ0) is 96.6. The highest BCUT2D eigenvalue weighted by Gasteiger charge is 2.43. The third-order valence-electron chi connectivity index (χ3n) is 23.4. The smallest absolute Gasteiger partial charge is 0.270 e. The van der Waals surface area contributed by atoms with Gasteiger partial charge in [0.25, 0.3) is 5.91 Å². The SMILES string of the molecule is CCCC[C@H]1C(=O)N(C)[C@@H](CCCC)C(=O)N[C@@H](CCCNC(=N)N)C(=O)N[C@H](C(=O)NCC(N)=O)C[S+]([O-])CC(=O)N[C@@H](Cc2ccccc2)C(=O)N(C)[C@@H](C)C(=O)N[C@@H](CC(N)=O)C(=O)N2CCCC2CN[C@@H](Cc2cnc[nH]2)C(=O)N[C@@H](CC(C)C)C(=O)N(C)CC(=O)N[C@@H](Cc2c[nH]c3ccccc23)C(=O)N[C@@H](CO)C(=O)N[C@@H](Cc2c[nH]c3ccccc23)C(=O)N1C. The molecular formula is C89H128N24O18S. The van der Waals surface area contributed by atoms with E-state index in [1.54, 1.807) is 91.3 Å². The summed E-state index contributed by atoms with van der Waals surface area (Å²) in [5.41, 5.74) is 20.2. The van der Waals surface area contributed by atoms with Crippen LogP contribution >= 0.6 is 0 Å². The van der Waals surface area contributed by atoms with Gasteiger partial charge in [-0.1, -0.05) is 120 Å². The highest BCUT2D eigenvalue weighted by Crippen LogP contribution is 2.26. The zero-order valence-corrected chi connectivity index (χ0v) is 76.9. The Labute approximate surface area is 768 Å². The maximum absolute atomic E-state index is 15.7. The molecule has 3 aromatic heterocycles. The Morgan fingerprint density at radius 3 is 1.73 bits per heavy atom. The van der Waals surface area contributed by atoms with Crippen LogP contribution in [0.1, 0.15) is 134 Å². The van der Waals surface area contributed by atoms with E-state index >= 15 is 24.0 Å². The number of guanidine groups is 1. The summed E-state index contributed by atoms with van der Waals surface area (Å²) in [6.45, 7) is 6.08. The average Bonchev–Trinajstić information content (AvgIpc) is 1.59. The summed E-state index contributed by atoms with van der Waals surface area (Å²) >= 11 is -2.45. The third kappa shape index (κ3) is 30.5. The van der Waals surface area contributed by atoms with Crippen molar-refractivity contribution in [1.29, 1.82) is 5.41 Å². The van der Waals surface area contributed by atoms with Crippen molar-refractivity contribution in [3.8, 4) is 0 Å². The molecule has 0 bridgehead atoms. The number of fused-ring (bicyclic) bond motifs is 3. The number of H-pyrrole nitrogens is 3. The number of benzene rings is 3. The second-order valence-electron chi connectivity index (χ2n) is 33.9. The fourth-order valence-corrected chi connectivity index (χ4v) is 17.1. The standard InChI is InChI=1S/C89H128N24O18S/c1-10-12-31-71-83(125)103-62(30-21-33-95-89(92)93)79(121)108-70(78(120)99-45-74(91)116)48-132(131)49-76(118)102-66(36-53-23-15-14-16-24-53)85(127)110(7)52(5)77(119)104-68(40-73(90)115)87(129)113-34-22-25-57(113)44-98-63(39-56-43-94-50-100-56)80(122)105-65(35-51(3)4)84(126)109(6)46-75(117)101-64(37-54-41-96-60-28-19-17-26-58(54)60)81(123)107-69(47-114)82(124)106-67(38-55-42-97-61-29-20-18-27-59(55)61)86(128)112(9)72(32-13-11-2)88(130)111(71)8/h14-20,23-24,26-29,41-43,50-52,57,62-72,96-98,114H,10-13,21-22,25,30-40,44-49H2,1-9H3,(H2,90,115)(H2,91,116)(H,94,100)(H,99,120)(H,101,117)(H,102,118)(H,103,125)(H,104,119)(H,105,122)(H,106,124)(H,107,123)(H,108,121)(H4,92,93,95)/t52-,57?,62-,63-,64-,65-,66-,67-,68-,69-,70-,71-,72-,132?/m0/s1. The number of para-hydroxylation sites is 2. The first-order chi connectivity index (χ1) is 62.9. The Kier molecular flexibility index (Phi) is 40.3. The number of amides is 16. The Balaban J connectivity index is 1.18. The Bertz CT molecular complexity index is 5000. The quantitative estimate of drug-likeness (QED) is 0.0114. The molecule has 0 radical (unpaired) electrons. The molecule has 0 saturated carbocycles. The summed E-state index contributed by atoms with van der Waals surface area (Å²) < 4.78 is 14.4. The summed E-state index contributed by atoms with van der Waals surface area (Å²) in [6, 6.07) is 3.61. The number of primary amides is 2. The van der Waals surface area contributed by atoms with E-state index in [0.717, 1.165) is 19.6 Å². The van der Waals surface area contributed by atoms with Gasteiger partial charge in [-0.3, -0.25) is 82.1 Å². The van der Waals surface area contributed by atoms with Gasteiger partial charge < -0.3 is 125 Å². The van der Waals surface area contributed by atoms with Gasteiger partial charge in [0.15, 0.2) is 17.8 Å². The number of unbranched alkanes of at least 4 members (excludes halogenated alkanes) is 2. The topological polar surface area (TPSA) is 627 Å². The maximum atomic E-state index is 15.7. The van der Waals surface area contributed by atoms with Crippen molar-refractivity contribution in [2.75, 3.05) is 79.0 Å². The second kappa shape index (κ2) is 51.0. The number of nitrogens with zero attached hydrogens (tertiary/aromatic N) is 6. The van der Waals surface area contributed by atoms with Crippen molar-refractivity contribution < 1.29 is 86.4 Å². The zero-order valence-electron chi connectivity index (χ0n) is 76.1. The first kappa shape index (κ1) is 104. The molecule has 2 saturated heterocycles. The van der Waals surface area contributed by atoms with Gasteiger partial charge in [0.05, 0.1) is 38.5 Å². The number of hydrogen-bond acceptors (Lipinski definition) is 21. The molecule has 2 aliphatic heterocycles. The minimum absolute atomic E-state index is 0.00391. The van der Waals surface area contributed by atoms with Crippen LogP contribution in [0.4, 0.5) is 0 Å². The van der Waals surface area contributed by atoms with Crippen LogP contribution in [-0.2, 0) is 114 Å². The van der Waals surface area contributed by atoms with E-state index in [9.17, 15) is 62.4 Å². The summed E-state index contributed by atoms with van der Waals surface area (Å²) in [4.78, 5) is 253. The molecule has 16 amide bonds. The first-order valence-corrected chi connectivity index (χ1v) is 45.9. The summed E-state index contributed by atoms with van der Waals surface area (Å²) in [5.74, 6) is -17.1. The van der Waals surface area contributed by atoms with Gasteiger partial charge in [0.1, 0.15) is 66.2 Å². The molecular weight excluding hydrogens is 1730 g/mol. The Morgan fingerprint density at radius 2 is 1.12 bits per heavy atom. The number of aliphatic hydroxyl groups is 1. The van der Waals surface area contributed by atoms with Crippen molar-refractivity contribution >= 4 is 133 Å². The molecule has 14 atom stereocenters. The van der Waals surface area contributed by atoms with Crippen molar-refractivity contribution in [1.82, 2.24) is 103 Å². The number of aliphatic hydroxyl groups excluding tert-OH is 1. The van der Waals surface area contributed by atoms with Crippen LogP contribution in [0.25, 0.3) is 21.8 Å². The minimum Gasteiger partial charge on any atom is -0.616 e. The van der Waals surface area contributed by atoms with Gasteiger partial charge in [0.2, 0.25) is 88.6 Å². The van der Waals surface area contributed by atoms with Gasteiger partial charge in [-0.05, 0) is 97.8 Å². The van der Waals surface area contributed by atoms with E-state index in [2.05, 4.69) is 78.4 Å². The fourth-order valence-electron chi connectivity index (χ4n) is 16.0. The van der Waals surface area contributed by atoms with Gasteiger partial charge in [-0.25, -0.2) is 4.98 Å². The lowest BCUT2D eigenvalue weighted by molar-refractivity contribution is -0.149. The molecule has 22 N–H and O–H groups in total. The minimum atomic E-state index is -2.45. The Morgan fingerprint density at radius 1 is 0.568 bits per heavy atom. The Hall–Kier alpha value is -13.0. The van der Waals surface area contributed by atoms with E-state index in [1.807, 2.05) is 27.7 Å². The lowest BCUT2D eigenvalue weighted by Crippen LogP contribution is -2.61. The molecule has 718 valence electrons. The number of nitrogens with two attached hydrogens (primary N) is 3. The van der Waals surface area contributed by atoms with Gasteiger partial charge in [-0.2, -0.15) is 0 Å². The highest BCUT2D eigenvalue weighted by molar-refractivity contribution is 7.92. The highest BCUT2D eigenvalue weighted by atomic mass is 32.2. The number of imidazole rings is 1. The molecule has 3 aromatic carbocycles. The second-order valence-corrected chi connectivity index (χ2v) is 35.4. The summed E-state index contributed by atoms with van der Waals surface area (Å²) in [7, 11) is 5.26. The van der Waals surface area contributed by atoms with Gasteiger partial charge >= 0.3 is 0 Å². The monoisotopic (exact) mass is 1850 g/mol. The molecule has 43 heteroatoms. The normalized spacial score (nSPS) is 24.1. The number of hydrogen-bond donors (Lipinski definition) is 19. The predicted octanol–water partition coefficient (Wildman–Crippen LogP) is -2.65. The number of rotatable bonds is 26. The lowest BCUT2D eigenvalue weighted by atomic mass is 10.00. The van der Waals surface area contributed by atoms with Crippen LogP contribution in [0.15, 0.2) is 104 Å². The number of nitrogens with one attached hydrogen (secondary N) is 15. The van der Waals surface area contributed by atoms with Gasteiger partial charge in [0, 0.05) is 126 Å². The molecule has 0 spiro atoms. The molecule has 6 aromatic rings. The van der Waals surface area contributed by atoms with Crippen molar-refractivity contribution in [2.24, 2.45) is 23.1 Å². The number of likely N-dealkylation sites (N-methyl/N-ethyl adjacent to an activating group) is 4. The van der Waals surface area contributed by atoms with E-state index in [4.69, 9.17) is 22.6 Å². The fraction of sp³-hybridized carbons (Fsp3) is 0.528. The molecule has 2 fully saturated rings. The number of aromatic amines is 3.